The van der Waals surface area contributed by atoms with E-state index in [0.29, 0.717) is 13.1 Å². The second kappa shape index (κ2) is 6.88. The Kier molecular flexibility index (Phi) is 5.45. The molecule has 0 unspecified atom stereocenters. The number of nitrogens with zero attached hydrogens (tertiary/aromatic N) is 1. The molecule has 0 aliphatic heterocycles. The minimum atomic E-state index is -0.377. The number of carbonyl (C=O) groups excluding carboxylic acids is 1. The van der Waals surface area contributed by atoms with E-state index in [1.807, 2.05) is 29.2 Å². The maximum absolute atomic E-state index is 10.8. The lowest BCUT2D eigenvalue weighted by molar-refractivity contribution is -0.117. The van der Waals surface area contributed by atoms with Crippen LogP contribution in [-0.4, -0.2) is 42.4 Å². The summed E-state index contributed by atoms with van der Waals surface area (Å²) in [4.78, 5) is 12.7. The molecule has 1 amide bonds. The highest BCUT2D eigenvalue weighted by Gasteiger charge is 2.06. The molecule has 0 heterocycles. The highest BCUT2D eigenvalue weighted by molar-refractivity contribution is 5.77. The molecule has 4 N–H and O–H groups in total. The quantitative estimate of drug-likeness (QED) is 0.598. The zero-order valence-electron chi connectivity index (χ0n) is 9.67. The normalized spacial score (nSPS) is 10.2. The lowest BCUT2D eigenvalue weighted by atomic mass is 10.1. The number of rotatable bonds is 7. The van der Waals surface area contributed by atoms with Crippen molar-refractivity contribution in [2.75, 3.05) is 31.2 Å². The molecular formula is C12H18N2O3. The predicted molar refractivity (Wildman–Crippen MR) is 65.7 cm³/mol. The van der Waals surface area contributed by atoms with Crippen LogP contribution >= 0.6 is 0 Å². The van der Waals surface area contributed by atoms with Crippen molar-refractivity contribution in [2.24, 2.45) is 5.73 Å². The third-order valence-electron chi connectivity index (χ3n) is 2.39. The number of hydrogen-bond acceptors (Lipinski definition) is 4. The summed E-state index contributed by atoms with van der Waals surface area (Å²) in [7, 11) is 0. The average molecular weight is 238 g/mol. The highest BCUT2D eigenvalue weighted by atomic mass is 16.3. The number of aliphatic hydroxyl groups is 2. The van der Waals surface area contributed by atoms with E-state index >= 15 is 0 Å². The van der Waals surface area contributed by atoms with Crippen LogP contribution in [0.15, 0.2) is 24.3 Å². The van der Waals surface area contributed by atoms with Crippen LogP contribution in [-0.2, 0) is 11.2 Å². The van der Waals surface area contributed by atoms with Crippen molar-refractivity contribution in [2.45, 2.75) is 6.42 Å². The van der Waals surface area contributed by atoms with Crippen LogP contribution < -0.4 is 10.6 Å². The zero-order chi connectivity index (χ0) is 12.7. The lowest BCUT2D eigenvalue weighted by Crippen LogP contribution is -2.29. The second-order valence-corrected chi connectivity index (χ2v) is 3.75. The van der Waals surface area contributed by atoms with Gasteiger partial charge in [-0.2, -0.15) is 0 Å². The van der Waals surface area contributed by atoms with Gasteiger partial charge in [-0.05, 0) is 17.7 Å². The molecule has 0 fully saturated rings. The van der Waals surface area contributed by atoms with E-state index in [9.17, 15) is 4.79 Å². The Morgan fingerprint density at radius 1 is 1.24 bits per heavy atom. The fourth-order valence-electron chi connectivity index (χ4n) is 1.68. The molecule has 5 nitrogen and oxygen atoms in total. The van der Waals surface area contributed by atoms with Gasteiger partial charge in [0.1, 0.15) is 0 Å². The fraction of sp³-hybridized carbons (Fsp3) is 0.417. The molecule has 0 aliphatic carbocycles. The zero-order valence-corrected chi connectivity index (χ0v) is 9.67. The van der Waals surface area contributed by atoms with Crippen LogP contribution in [0.1, 0.15) is 5.56 Å². The number of nitrogens with two attached hydrogens (primary N) is 1. The van der Waals surface area contributed by atoms with E-state index in [0.717, 1.165) is 11.3 Å². The number of anilines is 1. The number of benzene rings is 1. The Morgan fingerprint density at radius 3 is 2.41 bits per heavy atom. The standard InChI is InChI=1S/C12H18N2O3/c13-12(17)9-10-2-1-3-11(8-10)14(4-6-15)5-7-16/h1-3,8,15-16H,4-7,9H2,(H2,13,17). The fourth-order valence-corrected chi connectivity index (χ4v) is 1.68. The van der Waals surface area contributed by atoms with E-state index in [2.05, 4.69) is 0 Å². The molecule has 0 saturated carbocycles. The molecule has 0 aliphatic rings. The molecule has 5 heteroatoms. The summed E-state index contributed by atoms with van der Waals surface area (Å²) in [6.07, 6.45) is 0.194. The van der Waals surface area contributed by atoms with Crippen molar-refractivity contribution < 1.29 is 15.0 Å². The van der Waals surface area contributed by atoms with E-state index in [1.165, 1.54) is 0 Å². The molecule has 0 radical (unpaired) electrons. The molecule has 1 rings (SSSR count). The SMILES string of the molecule is NC(=O)Cc1cccc(N(CCO)CCO)c1. The third kappa shape index (κ3) is 4.42. The van der Waals surface area contributed by atoms with E-state index in [1.54, 1.807) is 0 Å². The maximum Gasteiger partial charge on any atom is 0.221 e. The van der Waals surface area contributed by atoms with Crippen LogP contribution in [0.5, 0.6) is 0 Å². The van der Waals surface area contributed by atoms with Gasteiger partial charge in [-0.3, -0.25) is 4.79 Å². The van der Waals surface area contributed by atoms with Crippen molar-refractivity contribution in [3.8, 4) is 0 Å². The Labute approximate surface area is 100 Å². The van der Waals surface area contributed by atoms with Gasteiger partial charge in [0.2, 0.25) is 5.91 Å². The van der Waals surface area contributed by atoms with Gasteiger partial charge in [-0.1, -0.05) is 12.1 Å². The molecule has 0 spiro atoms. The molecule has 0 aromatic heterocycles. The van der Waals surface area contributed by atoms with Gasteiger partial charge in [-0.25, -0.2) is 0 Å². The van der Waals surface area contributed by atoms with E-state index in [-0.39, 0.29) is 25.5 Å². The van der Waals surface area contributed by atoms with Crippen LogP contribution in [0.4, 0.5) is 5.69 Å². The van der Waals surface area contributed by atoms with Gasteiger partial charge in [0.25, 0.3) is 0 Å². The second-order valence-electron chi connectivity index (χ2n) is 3.75. The number of primary amides is 1. The monoisotopic (exact) mass is 238 g/mol. The number of hydrogen-bond donors (Lipinski definition) is 3. The van der Waals surface area contributed by atoms with Gasteiger partial charge in [0.15, 0.2) is 0 Å². The van der Waals surface area contributed by atoms with Gasteiger partial charge >= 0.3 is 0 Å². The van der Waals surface area contributed by atoms with Gasteiger partial charge in [-0.15, -0.1) is 0 Å². The maximum atomic E-state index is 10.8. The Bertz CT molecular complexity index is 363. The topological polar surface area (TPSA) is 86.8 Å². The summed E-state index contributed by atoms with van der Waals surface area (Å²) >= 11 is 0. The first-order valence-corrected chi connectivity index (χ1v) is 5.51. The summed E-state index contributed by atoms with van der Waals surface area (Å²) in [5.74, 6) is -0.377. The molecule has 0 bridgehead atoms. The molecule has 1 aromatic carbocycles. The number of aliphatic hydroxyl groups excluding tert-OH is 2. The molecule has 17 heavy (non-hydrogen) atoms. The lowest BCUT2D eigenvalue weighted by Gasteiger charge is -2.23. The summed E-state index contributed by atoms with van der Waals surface area (Å²) in [6.45, 7) is 0.918. The Morgan fingerprint density at radius 2 is 1.88 bits per heavy atom. The van der Waals surface area contributed by atoms with Crippen LogP contribution in [0.3, 0.4) is 0 Å². The largest absolute Gasteiger partial charge is 0.395 e. The number of carbonyl (C=O) groups is 1. The minimum absolute atomic E-state index is 0.0139. The summed E-state index contributed by atoms with van der Waals surface area (Å²) in [5, 5.41) is 17.9. The van der Waals surface area contributed by atoms with Crippen molar-refractivity contribution in [1.29, 1.82) is 0 Å². The van der Waals surface area contributed by atoms with Gasteiger partial charge in [0.05, 0.1) is 19.6 Å². The summed E-state index contributed by atoms with van der Waals surface area (Å²) in [5.41, 5.74) is 6.83. The van der Waals surface area contributed by atoms with Crippen molar-refractivity contribution >= 4 is 11.6 Å². The molecule has 0 saturated heterocycles. The van der Waals surface area contributed by atoms with Gasteiger partial charge < -0.3 is 20.8 Å². The van der Waals surface area contributed by atoms with Crippen molar-refractivity contribution in [3.05, 3.63) is 29.8 Å². The third-order valence-corrected chi connectivity index (χ3v) is 2.39. The van der Waals surface area contributed by atoms with E-state index in [4.69, 9.17) is 15.9 Å². The number of amides is 1. The van der Waals surface area contributed by atoms with Crippen LogP contribution in [0.25, 0.3) is 0 Å². The molecule has 0 atom stereocenters. The molecule has 94 valence electrons. The summed E-state index contributed by atoms with van der Waals surface area (Å²) < 4.78 is 0. The molecular weight excluding hydrogens is 220 g/mol. The van der Waals surface area contributed by atoms with Crippen LogP contribution in [0.2, 0.25) is 0 Å². The first-order valence-electron chi connectivity index (χ1n) is 5.51. The van der Waals surface area contributed by atoms with E-state index < -0.39 is 0 Å². The van der Waals surface area contributed by atoms with Crippen molar-refractivity contribution in [1.82, 2.24) is 0 Å². The van der Waals surface area contributed by atoms with Crippen molar-refractivity contribution in [3.63, 3.8) is 0 Å². The average Bonchev–Trinajstić information content (AvgIpc) is 2.28. The minimum Gasteiger partial charge on any atom is -0.395 e. The van der Waals surface area contributed by atoms with Crippen LogP contribution in [0, 0.1) is 0 Å². The highest BCUT2D eigenvalue weighted by Crippen LogP contribution is 2.16. The smallest absolute Gasteiger partial charge is 0.221 e. The first kappa shape index (κ1) is 13.5. The Hall–Kier alpha value is -1.59. The molecule has 1 aromatic rings. The van der Waals surface area contributed by atoms with Gasteiger partial charge in [0, 0.05) is 18.8 Å². The Balaban J connectivity index is 2.83. The summed E-state index contributed by atoms with van der Waals surface area (Å²) in [6, 6.07) is 7.37. The predicted octanol–water partition coefficient (Wildman–Crippen LogP) is -0.495. The first-order chi connectivity index (χ1) is 8.17.